The third kappa shape index (κ3) is 4.05. The van der Waals surface area contributed by atoms with Crippen molar-refractivity contribution >= 4 is 90.7 Å². The highest BCUT2D eigenvalue weighted by molar-refractivity contribution is 14.1. The fourth-order valence-corrected chi connectivity index (χ4v) is 5.95. The molecule has 2 rings (SSSR count). The summed E-state index contributed by atoms with van der Waals surface area (Å²) < 4.78 is 9.82. The van der Waals surface area contributed by atoms with E-state index in [0.717, 1.165) is 17.8 Å². The summed E-state index contributed by atoms with van der Waals surface area (Å²) in [6, 6.07) is 4.19. The van der Waals surface area contributed by atoms with Crippen LogP contribution in [0.5, 0.6) is 5.75 Å². The predicted octanol–water partition coefficient (Wildman–Crippen LogP) is 5.19. The Kier molecular flexibility index (Phi) is 5.58. The Morgan fingerprint density at radius 2 is 1.88 bits per heavy atom. The Hall–Kier alpha value is 1.13. The molecule has 0 amide bonds. The van der Waals surface area contributed by atoms with Crippen LogP contribution in [-0.2, 0) is 6.61 Å². The smallest absolute Gasteiger partial charge is 0.183 e. The first-order chi connectivity index (χ1) is 8.06. The Bertz CT molecular complexity index is 523. The maximum Gasteiger partial charge on any atom is 0.183 e. The van der Waals surface area contributed by atoms with Crippen LogP contribution in [0.3, 0.4) is 0 Å². The van der Waals surface area contributed by atoms with E-state index in [2.05, 4.69) is 84.9 Å². The Labute approximate surface area is 149 Å². The van der Waals surface area contributed by atoms with E-state index in [4.69, 9.17) is 16.3 Å². The average molecular weight is 603 g/mol. The van der Waals surface area contributed by atoms with E-state index < -0.39 is 0 Å². The van der Waals surface area contributed by atoms with Crippen molar-refractivity contribution in [3.63, 3.8) is 0 Å². The van der Waals surface area contributed by atoms with Crippen molar-refractivity contribution in [1.29, 1.82) is 0 Å². The van der Waals surface area contributed by atoms with Gasteiger partial charge in [-0.3, -0.25) is 0 Å². The number of thiazole rings is 1. The largest absolute Gasteiger partial charge is 0.486 e. The van der Waals surface area contributed by atoms with Crippen molar-refractivity contribution < 1.29 is 4.74 Å². The van der Waals surface area contributed by atoms with Gasteiger partial charge >= 0.3 is 0 Å². The molecular weight excluding hydrogens is 598 g/mol. The highest BCUT2D eigenvalue weighted by Gasteiger charge is 2.09. The molecule has 0 saturated carbocycles. The lowest BCUT2D eigenvalue weighted by molar-refractivity contribution is 0.305. The van der Waals surface area contributed by atoms with E-state index in [-0.39, 0.29) is 0 Å². The zero-order valence-corrected chi connectivity index (χ0v) is 16.3. The van der Waals surface area contributed by atoms with Crippen molar-refractivity contribution in [2.45, 2.75) is 6.61 Å². The van der Waals surface area contributed by atoms with Crippen LogP contribution in [0.25, 0.3) is 0 Å². The lowest BCUT2D eigenvalue weighted by atomic mass is 10.3. The minimum absolute atomic E-state index is 0.511. The minimum atomic E-state index is 0.511. The predicted molar refractivity (Wildman–Crippen MR) is 96.0 cm³/mol. The first kappa shape index (κ1) is 14.5. The zero-order valence-electron chi connectivity index (χ0n) is 8.21. The summed E-state index contributed by atoms with van der Waals surface area (Å²) in [6.45, 7) is 0.511. The monoisotopic (exact) mass is 603 g/mol. The van der Waals surface area contributed by atoms with E-state index in [1.807, 2.05) is 0 Å². The van der Waals surface area contributed by atoms with Gasteiger partial charge in [0, 0.05) is 9.77 Å². The van der Waals surface area contributed by atoms with E-state index >= 15 is 0 Å². The molecule has 90 valence electrons. The Morgan fingerprint density at radius 1 is 1.24 bits per heavy atom. The second-order valence-electron chi connectivity index (χ2n) is 3.07. The summed E-state index contributed by atoms with van der Waals surface area (Å²) in [5.41, 5.74) is 0. The fourth-order valence-electron chi connectivity index (χ4n) is 1.16. The summed E-state index contributed by atoms with van der Waals surface area (Å²) in [5, 5.41) is 0. The first-order valence-corrected chi connectivity index (χ1v) is 8.87. The second kappa shape index (κ2) is 6.53. The minimum Gasteiger partial charge on any atom is -0.486 e. The van der Waals surface area contributed by atoms with E-state index in [1.165, 1.54) is 14.9 Å². The summed E-state index contributed by atoms with van der Waals surface area (Å²) in [7, 11) is 0. The van der Waals surface area contributed by atoms with Gasteiger partial charge in [-0.2, -0.15) is 0 Å². The molecule has 1 aromatic heterocycles. The maximum absolute atomic E-state index is 5.82. The molecule has 7 heteroatoms. The lowest BCUT2D eigenvalue weighted by Gasteiger charge is -2.09. The molecule has 1 aromatic carbocycles. The van der Waals surface area contributed by atoms with Gasteiger partial charge in [0.1, 0.15) is 12.4 Å². The molecule has 0 aliphatic heterocycles. The van der Waals surface area contributed by atoms with Crippen LogP contribution in [0.4, 0.5) is 0 Å². The molecule has 0 bridgehead atoms. The molecule has 2 nitrogen and oxygen atoms in total. The molecule has 0 N–H and O–H groups in total. The Morgan fingerprint density at radius 3 is 2.41 bits per heavy atom. The molecule has 2 aromatic rings. The van der Waals surface area contributed by atoms with Gasteiger partial charge in [0.25, 0.3) is 0 Å². The van der Waals surface area contributed by atoms with Crippen LogP contribution < -0.4 is 4.74 Å². The van der Waals surface area contributed by atoms with Gasteiger partial charge in [-0.05, 0) is 79.9 Å². The van der Waals surface area contributed by atoms with Crippen LogP contribution in [0, 0.1) is 10.7 Å². The SMILES string of the molecule is Clc1ncc(COc2c(I)cc(I)cc2I)s1. The molecule has 0 atom stereocenters. The van der Waals surface area contributed by atoms with Crippen molar-refractivity contribution in [2.24, 2.45) is 0 Å². The summed E-state index contributed by atoms with van der Waals surface area (Å²) in [5.74, 6) is 0.927. The molecule has 0 aliphatic rings. The molecule has 0 fully saturated rings. The highest BCUT2D eigenvalue weighted by atomic mass is 127. The zero-order chi connectivity index (χ0) is 12.4. The van der Waals surface area contributed by atoms with Crippen molar-refractivity contribution in [1.82, 2.24) is 4.98 Å². The van der Waals surface area contributed by atoms with Gasteiger partial charge in [0.2, 0.25) is 0 Å². The number of ether oxygens (including phenoxy) is 1. The summed E-state index contributed by atoms with van der Waals surface area (Å²) >= 11 is 14.1. The van der Waals surface area contributed by atoms with Crippen LogP contribution >= 0.6 is 90.7 Å². The molecule has 0 radical (unpaired) electrons. The van der Waals surface area contributed by atoms with E-state index in [1.54, 1.807) is 6.20 Å². The summed E-state index contributed by atoms with van der Waals surface area (Å²) in [4.78, 5) is 5.01. The third-order valence-corrected chi connectivity index (χ3v) is 5.16. The van der Waals surface area contributed by atoms with Gasteiger partial charge in [-0.25, -0.2) is 4.98 Å². The number of hydrogen-bond acceptors (Lipinski definition) is 3. The number of hydrogen-bond donors (Lipinski definition) is 0. The molecule has 0 aliphatic carbocycles. The van der Waals surface area contributed by atoms with Crippen LogP contribution in [-0.4, -0.2) is 4.98 Å². The molecular formula is C10H5ClI3NOS. The summed E-state index contributed by atoms with van der Waals surface area (Å²) in [6.07, 6.45) is 1.75. The van der Waals surface area contributed by atoms with E-state index in [9.17, 15) is 0 Å². The topological polar surface area (TPSA) is 22.1 Å². The van der Waals surface area contributed by atoms with Gasteiger partial charge in [0.05, 0.1) is 12.0 Å². The standard InChI is InChI=1S/C10H5ClI3NOS/c11-10-15-3-6(17-10)4-16-9-7(13)1-5(12)2-8(9)14/h1-3H,4H2. The molecule has 0 spiro atoms. The van der Waals surface area contributed by atoms with Crippen LogP contribution in [0.1, 0.15) is 4.88 Å². The van der Waals surface area contributed by atoms with Crippen molar-refractivity contribution in [3.05, 3.63) is 38.4 Å². The van der Waals surface area contributed by atoms with Gasteiger partial charge < -0.3 is 4.74 Å². The van der Waals surface area contributed by atoms with Gasteiger partial charge in [-0.1, -0.05) is 11.6 Å². The quantitative estimate of drug-likeness (QED) is 0.451. The number of rotatable bonds is 3. The fraction of sp³-hybridized carbons (Fsp3) is 0.100. The molecule has 0 saturated heterocycles. The van der Waals surface area contributed by atoms with E-state index in [0.29, 0.717) is 11.1 Å². The number of halogens is 4. The molecule has 1 heterocycles. The Balaban J connectivity index is 2.14. The third-order valence-electron chi connectivity index (χ3n) is 1.85. The maximum atomic E-state index is 5.82. The number of nitrogens with zero attached hydrogens (tertiary/aromatic N) is 1. The first-order valence-electron chi connectivity index (χ1n) is 4.44. The van der Waals surface area contributed by atoms with Gasteiger partial charge in [0.15, 0.2) is 4.47 Å². The van der Waals surface area contributed by atoms with Crippen molar-refractivity contribution in [3.8, 4) is 5.75 Å². The molecule has 17 heavy (non-hydrogen) atoms. The lowest BCUT2D eigenvalue weighted by Crippen LogP contribution is -1.98. The van der Waals surface area contributed by atoms with Gasteiger partial charge in [-0.15, -0.1) is 11.3 Å². The number of benzene rings is 1. The normalized spacial score (nSPS) is 10.6. The average Bonchev–Trinajstić information content (AvgIpc) is 2.62. The highest BCUT2D eigenvalue weighted by Crippen LogP contribution is 2.30. The van der Waals surface area contributed by atoms with Crippen molar-refractivity contribution in [2.75, 3.05) is 0 Å². The van der Waals surface area contributed by atoms with Crippen LogP contribution in [0.2, 0.25) is 4.47 Å². The second-order valence-corrected chi connectivity index (χ2v) is 8.33. The van der Waals surface area contributed by atoms with Crippen LogP contribution in [0.15, 0.2) is 18.3 Å². The number of aromatic nitrogens is 1. The molecule has 0 unspecified atom stereocenters.